The maximum Gasteiger partial charge on any atom is 0.235 e. The van der Waals surface area contributed by atoms with Crippen LogP contribution in [-0.4, -0.2) is 76.4 Å². The van der Waals surface area contributed by atoms with Gasteiger partial charge in [-0.1, -0.05) is 25.7 Å². The number of likely N-dealkylation sites (N-methyl/N-ethyl adjacent to an activating group) is 1. The number of carbonyl (C=O) groups excluding carboxylic acids is 5. The number of nitrogens with zero attached hydrogens (tertiary/aromatic N) is 1. The Bertz CT molecular complexity index is 1310. The first-order valence-corrected chi connectivity index (χ1v) is 14.5. The topological polar surface area (TPSA) is 167 Å². The zero-order valence-electron chi connectivity index (χ0n) is 23.5. The first kappa shape index (κ1) is 29.5. The Kier molecular flexibility index (Phi) is 7.90. The third-order valence-corrected chi connectivity index (χ3v) is 9.79. The third kappa shape index (κ3) is 4.71. The standard InChI is InChI=1S/C30H38FN3O7/c1-34(2)24-18-10-15-9-17-21(19(35)11-16(23(17)31)13-33-12-14-7-5-3-4-6-8-14)25(36)20(15)27(38)30(18,41)28(39)22(26(24)37)29(32)40/h11,14-15,18,20,22,24,33,35,41H,3-10,12-13H2,1-2H3,(H2,32,40)/t15-,18-,20?,22?,24-,30-/m0/s1. The van der Waals surface area contributed by atoms with E-state index in [-0.39, 0.29) is 36.1 Å². The summed E-state index contributed by atoms with van der Waals surface area (Å²) < 4.78 is 15.9. The predicted octanol–water partition coefficient (Wildman–Crippen LogP) is 1.07. The average molecular weight is 572 g/mol. The van der Waals surface area contributed by atoms with E-state index in [0.29, 0.717) is 5.92 Å². The summed E-state index contributed by atoms with van der Waals surface area (Å²) in [5, 5.41) is 25.7. The van der Waals surface area contributed by atoms with Crippen molar-refractivity contribution in [3.8, 4) is 5.75 Å². The fourth-order valence-corrected chi connectivity index (χ4v) is 7.82. The van der Waals surface area contributed by atoms with Crippen molar-refractivity contribution in [2.24, 2.45) is 35.3 Å². The molecule has 0 bridgehead atoms. The SMILES string of the molecule is CN(C)[C@@H]1C(=O)C(C(N)=O)C(=O)[C@@]2(O)C(=O)C3C(=O)c4c(O)cc(CNCC5CCCCCC5)c(F)c4C[C@H]3C[C@@H]12. The van der Waals surface area contributed by atoms with Gasteiger partial charge in [0, 0.05) is 23.6 Å². The van der Waals surface area contributed by atoms with Crippen molar-refractivity contribution in [2.75, 3.05) is 20.6 Å². The number of rotatable bonds is 6. The molecule has 0 aromatic heterocycles. The molecule has 2 unspecified atom stereocenters. The van der Waals surface area contributed by atoms with Crippen LogP contribution in [0.15, 0.2) is 6.07 Å². The van der Waals surface area contributed by atoms with Crippen LogP contribution in [0.2, 0.25) is 0 Å². The summed E-state index contributed by atoms with van der Waals surface area (Å²) >= 11 is 0. The number of benzene rings is 1. The lowest BCUT2D eigenvalue weighted by atomic mass is 9.52. The number of ketones is 4. The normalized spacial score (nSPS) is 32.4. The van der Waals surface area contributed by atoms with E-state index in [1.807, 2.05) is 0 Å². The van der Waals surface area contributed by atoms with E-state index in [4.69, 9.17) is 5.73 Å². The fourth-order valence-electron chi connectivity index (χ4n) is 7.82. The summed E-state index contributed by atoms with van der Waals surface area (Å²) in [6.07, 6.45) is 6.82. The molecule has 5 rings (SSSR count). The highest BCUT2D eigenvalue weighted by Gasteiger charge is 2.69. The van der Waals surface area contributed by atoms with Crippen molar-refractivity contribution < 1.29 is 38.6 Å². The van der Waals surface area contributed by atoms with Gasteiger partial charge >= 0.3 is 0 Å². The van der Waals surface area contributed by atoms with E-state index in [1.54, 1.807) is 0 Å². The molecule has 4 aliphatic rings. The van der Waals surface area contributed by atoms with Gasteiger partial charge in [0.25, 0.3) is 0 Å². The minimum atomic E-state index is -2.80. The smallest absolute Gasteiger partial charge is 0.235 e. The first-order chi connectivity index (χ1) is 19.4. The van der Waals surface area contributed by atoms with Crippen LogP contribution in [0, 0.1) is 35.4 Å². The second-order valence-electron chi connectivity index (χ2n) is 12.5. The largest absolute Gasteiger partial charge is 0.507 e. The van der Waals surface area contributed by atoms with Crippen LogP contribution in [0.25, 0.3) is 0 Å². The van der Waals surface area contributed by atoms with Crippen LogP contribution < -0.4 is 11.1 Å². The predicted molar refractivity (Wildman–Crippen MR) is 144 cm³/mol. The number of hydrogen-bond acceptors (Lipinski definition) is 9. The lowest BCUT2D eigenvalue weighted by molar-refractivity contribution is -0.181. The average Bonchev–Trinajstić information content (AvgIpc) is 3.17. The van der Waals surface area contributed by atoms with Crippen molar-refractivity contribution in [3.63, 3.8) is 0 Å². The Labute approximate surface area is 237 Å². The maximum atomic E-state index is 15.9. The van der Waals surface area contributed by atoms with E-state index in [1.165, 1.54) is 50.7 Å². The monoisotopic (exact) mass is 571 g/mol. The number of primary amides is 1. The summed E-state index contributed by atoms with van der Waals surface area (Å²) in [6.45, 7) is 0.878. The second kappa shape index (κ2) is 11.0. The summed E-state index contributed by atoms with van der Waals surface area (Å²) in [7, 11) is 3.03. The Hall–Kier alpha value is -3.02. The number of hydrogen-bond donors (Lipinski definition) is 4. The van der Waals surface area contributed by atoms with Crippen molar-refractivity contribution >= 4 is 29.0 Å². The Morgan fingerprint density at radius 2 is 1.78 bits per heavy atom. The Morgan fingerprint density at radius 1 is 1.12 bits per heavy atom. The van der Waals surface area contributed by atoms with E-state index in [9.17, 15) is 34.2 Å². The molecule has 11 heteroatoms. The molecule has 0 radical (unpaired) electrons. The minimum Gasteiger partial charge on any atom is -0.507 e. The minimum absolute atomic E-state index is 0.00867. The van der Waals surface area contributed by atoms with Gasteiger partial charge in [-0.3, -0.25) is 28.9 Å². The zero-order valence-corrected chi connectivity index (χ0v) is 23.5. The fraction of sp³-hybridized carbons (Fsp3) is 0.633. The van der Waals surface area contributed by atoms with Crippen molar-refractivity contribution in [2.45, 2.75) is 69.6 Å². The lowest BCUT2D eigenvalue weighted by Crippen LogP contribution is -2.74. The van der Waals surface area contributed by atoms with Gasteiger partial charge in [-0.2, -0.15) is 0 Å². The van der Waals surface area contributed by atoms with Crippen LogP contribution >= 0.6 is 0 Å². The number of nitrogens with one attached hydrogen (secondary N) is 1. The number of nitrogens with two attached hydrogens (primary N) is 1. The molecule has 41 heavy (non-hydrogen) atoms. The zero-order chi connectivity index (χ0) is 29.8. The molecule has 6 atom stereocenters. The molecule has 5 N–H and O–H groups in total. The Morgan fingerprint density at radius 3 is 2.39 bits per heavy atom. The molecule has 3 fully saturated rings. The molecule has 1 aromatic rings. The van der Waals surface area contributed by atoms with E-state index in [2.05, 4.69) is 5.32 Å². The highest BCUT2D eigenvalue weighted by Crippen LogP contribution is 2.51. The van der Waals surface area contributed by atoms with E-state index in [0.717, 1.165) is 19.4 Å². The summed E-state index contributed by atoms with van der Waals surface area (Å²) in [5.41, 5.74) is 2.39. The summed E-state index contributed by atoms with van der Waals surface area (Å²) in [5.74, 6) is -11.7. The molecule has 10 nitrogen and oxygen atoms in total. The quantitative estimate of drug-likeness (QED) is 0.288. The molecular weight excluding hydrogens is 533 g/mol. The van der Waals surface area contributed by atoms with Gasteiger partial charge in [-0.25, -0.2) is 4.39 Å². The lowest BCUT2D eigenvalue weighted by Gasteiger charge is -2.52. The van der Waals surface area contributed by atoms with Gasteiger partial charge in [0.1, 0.15) is 11.6 Å². The molecular formula is C30H38FN3O7. The Balaban J connectivity index is 1.46. The van der Waals surface area contributed by atoms with Crippen molar-refractivity contribution in [1.82, 2.24) is 10.2 Å². The third-order valence-electron chi connectivity index (χ3n) is 9.79. The molecule has 1 amide bonds. The highest BCUT2D eigenvalue weighted by molar-refractivity contribution is 6.32. The number of amides is 1. The van der Waals surface area contributed by atoms with E-state index >= 15 is 4.39 Å². The molecule has 1 aromatic carbocycles. The molecule has 0 saturated heterocycles. The highest BCUT2D eigenvalue weighted by atomic mass is 19.1. The summed E-state index contributed by atoms with van der Waals surface area (Å²) in [6, 6.07) is -0.0122. The van der Waals surface area contributed by atoms with Crippen molar-refractivity contribution in [1.29, 1.82) is 0 Å². The number of fused-ring (bicyclic) bond motifs is 3. The number of Topliss-reactive ketones (excluding diaryl/α,β-unsaturated/α-hetero) is 4. The number of phenolic OH excluding ortho intramolecular Hbond substituents is 1. The molecule has 0 spiro atoms. The van der Waals surface area contributed by atoms with Crippen LogP contribution in [0.3, 0.4) is 0 Å². The van der Waals surface area contributed by atoms with E-state index < -0.39 is 75.9 Å². The number of halogens is 1. The molecule has 3 saturated carbocycles. The first-order valence-electron chi connectivity index (χ1n) is 14.5. The molecule has 0 heterocycles. The molecule has 4 aliphatic carbocycles. The number of aromatic hydroxyl groups is 1. The van der Waals surface area contributed by atoms with Gasteiger partial charge in [-0.15, -0.1) is 0 Å². The van der Waals surface area contributed by atoms with Crippen LogP contribution in [-0.2, 0) is 32.1 Å². The molecule has 0 aliphatic heterocycles. The van der Waals surface area contributed by atoms with Gasteiger partial charge < -0.3 is 21.3 Å². The molecule has 222 valence electrons. The van der Waals surface area contributed by atoms with Crippen molar-refractivity contribution in [3.05, 3.63) is 28.6 Å². The van der Waals surface area contributed by atoms with Gasteiger partial charge in [-0.05, 0) is 64.2 Å². The second-order valence-corrected chi connectivity index (χ2v) is 12.5. The van der Waals surface area contributed by atoms with Gasteiger partial charge in [0.05, 0.1) is 17.5 Å². The van der Waals surface area contributed by atoms with Crippen LogP contribution in [0.5, 0.6) is 5.75 Å². The van der Waals surface area contributed by atoms with Gasteiger partial charge in [0.15, 0.2) is 34.7 Å². The number of phenols is 1. The number of aliphatic hydroxyl groups is 1. The van der Waals surface area contributed by atoms with Crippen LogP contribution in [0.4, 0.5) is 4.39 Å². The maximum absolute atomic E-state index is 15.9. The van der Waals surface area contributed by atoms with Crippen LogP contribution in [0.1, 0.15) is 66.4 Å². The summed E-state index contributed by atoms with van der Waals surface area (Å²) in [4.78, 5) is 67.4. The number of carbonyl (C=O) groups is 5. The van der Waals surface area contributed by atoms with Gasteiger partial charge in [0.2, 0.25) is 5.91 Å².